The lowest BCUT2D eigenvalue weighted by Gasteiger charge is -2.27. The van der Waals surface area contributed by atoms with Crippen LogP contribution in [0, 0.1) is 17.8 Å². The SMILES string of the molecule is O=C(CC1CC2CCC1C2)NCC1COc2ccccc2O1. The zero-order valence-corrected chi connectivity index (χ0v) is 12.8. The molecule has 22 heavy (non-hydrogen) atoms. The summed E-state index contributed by atoms with van der Waals surface area (Å²) >= 11 is 0. The highest BCUT2D eigenvalue weighted by molar-refractivity contribution is 5.76. The minimum Gasteiger partial charge on any atom is -0.486 e. The van der Waals surface area contributed by atoms with Crippen LogP contribution in [-0.2, 0) is 4.79 Å². The first-order valence-corrected chi connectivity index (χ1v) is 8.43. The predicted octanol–water partition coefficient (Wildman–Crippen LogP) is 2.77. The van der Waals surface area contributed by atoms with Gasteiger partial charge in [0.2, 0.25) is 5.91 Å². The molecule has 0 saturated heterocycles. The normalized spacial score (nSPS) is 32.0. The Kier molecular flexibility index (Phi) is 3.68. The Labute approximate surface area is 131 Å². The monoisotopic (exact) mass is 301 g/mol. The molecule has 4 unspecified atom stereocenters. The molecular weight excluding hydrogens is 278 g/mol. The number of rotatable bonds is 4. The molecule has 3 aliphatic rings. The second kappa shape index (κ2) is 5.82. The Morgan fingerprint density at radius 2 is 2.05 bits per heavy atom. The molecule has 0 spiro atoms. The maximum absolute atomic E-state index is 12.2. The summed E-state index contributed by atoms with van der Waals surface area (Å²) in [5.41, 5.74) is 0. The molecule has 1 aromatic carbocycles. The van der Waals surface area contributed by atoms with Crippen molar-refractivity contribution in [3.8, 4) is 11.5 Å². The quantitative estimate of drug-likeness (QED) is 0.930. The zero-order chi connectivity index (χ0) is 14.9. The average Bonchev–Trinajstić information content (AvgIpc) is 3.15. The van der Waals surface area contributed by atoms with Crippen molar-refractivity contribution < 1.29 is 14.3 Å². The molecule has 0 aromatic heterocycles. The molecule has 4 nitrogen and oxygen atoms in total. The van der Waals surface area contributed by atoms with Crippen LogP contribution in [0.15, 0.2) is 24.3 Å². The summed E-state index contributed by atoms with van der Waals surface area (Å²) < 4.78 is 11.5. The standard InChI is InChI=1S/C18H23NO3/c20-18(9-14-8-12-5-6-13(14)7-12)19-10-15-11-21-16-3-1-2-4-17(16)22-15/h1-4,12-15H,5-11H2,(H,19,20). The second-order valence-corrected chi connectivity index (χ2v) is 6.94. The van der Waals surface area contributed by atoms with Crippen LogP contribution in [-0.4, -0.2) is 25.2 Å². The topological polar surface area (TPSA) is 47.6 Å². The third kappa shape index (κ3) is 2.79. The average molecular weight is 301 g/mol. The van der Waals surface area contributed by atoms with E-state index in [2.05, 4.69) is 5.32 Å². The summed E-state index contributed by atoms with van der Waals surface area (Å²) in [6.07, 6.45) is 5.92. The lowest BCUT2D eigenvalue weighted by molar-refractivity contribution is -0.122. The van der Waals surface area contributed by atoms with Gasteiger partial charge < -0.3 is 14.8 Å². The van der Waals surface area contributed by atoms with Crippen molar-refractivity contribution in [2.24, 2.45) is 17.8 Å². The number of benzene rings is 1. The van der Waals surface area contributed by atoms with Crippen LogP contribution in [0.4, 0.5) is 0 Å². The first-order chi connectivity index (χ1) is 10.8. The fourth-order valence-corrected chi connectivity index (χ4v) is 4.33. The molecule has 4 atom stereocenters. The molecule has 1 heterocycles. The minimum absolute atomic E-state index is 0.0983. The fourth-order valence-electron chi connectivity index (χ4n) is 4.33. The Balaban J connectivity index is 1.24. The number of ether oxygens (including phenoxy) is 2. The summed E-state index contributed by atoms with van der Waals surface area (Å²) in [6, 6.07) is 7.66. The van der Waals surface area contributed by atoms with Crippen molar-refractivity contribution in [3.05, 3.63) is 24.3 Å². The van der Waals surface area contributed by atoms with Gasteiger partial charge in [-0.1, -0.05) is 18.6 Å². The number of hydrogen-bond acceptors (Lipinski definition) is 3. The van der Waals surface area contributed by atoms with E-state index in [1.807, 2.05) is 24.3 Å². The Morgan fingerprint density at radius 3 is 2.82 bits per heavy atom. The summed E-state index contributed by atoms with van der Waals surface area (Å²) in [5, 5.41) is 3.03. The minimum atomic E-state index is -0.0983. The number of carbonyl (C=O) groups is 1. The van der Waals surface area contributed by atoms with Gasteiger partial charge in [-0.15, -0.1) is 0 Å². The molecule has 0 radical (unpaired) electrons. The number of hydrogen-bond donors (Lipinski definition) is 1. The smallest absolute Gasteiger partial charge is 0.220 e. The van der Waals surface area contributed by atoms with Crippen LogP contribution in [0.2, 0.25) is 0 Å². The van der Waals surface area contributed by atoms with E-state index in [0.717, 1.165) is 23.3 Å². The van der Waals surface area contributed by atoms with Gasteiger partial charge in [0.05, 0.1) is 6.54 Å². The van der Waals surface area contributed by atoms with Crippen LogP contribution in [0.1, 0.15) is 32.1 Å². The maximum Gasteiger partial charge on any atom is 0.220 e. The lowest BCUT2D eigenvalue weighted by Crippen LogP contribution is -2.41. The highest BCUT2D eigenvalue weighted by atomic mass is 16.6. The largest absolute Gasteiger partial charge is 0.486 e. The maximum atomic E-state index is 12.2. The summed E-state index contributed by atoms with van der Waals surface area (Å²) in [7, 11) is 0. The number of amides is 1. The third-order valence-corrected chi connectivity index (χ3v) is 5.43. The van der Waals surface area contributed by atoms with E-state index >= 15 is 0 Å². The highest BCUT2D eigenvalue weighted by Gasteiger charge is 2.40. The number of carbonyl (C=O) groups excluding carboxylic acids is 1. The van der Waals surface area contributed by atoms with Crippen molar-refractivity contribution in [2.45, 2.75) is 38.2 Å². The molecule has 118 valence electrons. The van der Waals surface area contributed by atoms with E-state index in [1.54, 1.807) is 0 Å². The van der Waals surface area contributed by atoms with Crippen LogP contribution >= 0.6 is 0 Å². The number of nitrogens with one attached hydrogen (secondary N) is 1. The van der Waals surface area contributed by atoms with Gasteiger partial charge in [0.1, 0.15) is 12.7 Å². The van der Waals surface area contributed by atoms with E-state index in [1.165, 1.54) is 25.7 Å². The molecule has 2 bridgehead atoms. The molecule has 1 aliphatic heterocycles. The van der Waals surface area contributed by atoms with Crippen molar-refractivity contribution in [1.29, 1.82) is 0 Å². The zero-order valence-electron chi connectivity index (χ0n) is 12.8. The first kappa shape index (κ1) is 13.9. The van der Waals surface area contributed by atoms with Gasteiger partial charge in [-0.25, -0.2) is 0 Å². The Morgan fingerprint density at radius 1 is 1.18 bits per heavy atom. The first-order valence-electron chi connectivity index (χ1n) is 8.43. The van der Waals surface area contributed by atoms with Crippen LogP contribution < -0.4 is 14.8 Å². The molecule has 2 aliphatic carbocycles. The van der Waals surface area contributed by atoms with E-state index in [0.29, 0.717) is 25.5 Å². The predicted molar refractivity (Wildman–Crippen MR) is 82.9 cm³/mol. The molecule has 2 fully saturated rings. The molecule has 1 aromatic rings. The van der Waals surface area contributed by atoms with Crippen LogP contribution in [0.3, 0.4) is 0 Å². The summed E-state index contributed by atoms with van der Waals surface area (Å²) in [4.78, 5) is 12.2. The van der Waals surface area contributed by atoms with Gasteiger partial charge in [0.25, 0.3) is 0 Å². The van der Waals surface area contributed by atoms with E-state index < -0.39 is 0 Å². The van der Waals surface area contributed by atoms with Gasteiger partial charge >= 0.3 is 0 Å². The number of para-hydroxylation sites is 2. The molecule has 4 rings (SSSR count). The summed E-state index contributed by atoms with van der Waals surface area (Å²) in [6.45, 7) is 1.01. The van der Waals surface area contributed by atoms with Gasteiger partial charge in [-0.05, 0) is 49.1 Å². The second-order valence-electron chi connectivity index (χ2n) is 6.94. The third-order valence-electron chi connectivity index (χ3n) is 5.43. The lowest BCUT2D eigenvalue weighted by atomic mass is 9.86. The van der Waals surface area contributed by atoms with Gasteiger partial charge in [0.15, 0.2) is 11.5 Å². The van der Waals surface area contributed by atoms with Gasteiger partial charge in [-0.3, -0.25) is 4.79 Å². The molecule has 1 amide bonds. The fraction of sp³-hybridized carbons (Fsp3) is 0.611. The van der Waals surface area contributed by atoms with E-state index in [9.17, 15) is 4.79 Å². The van der Waals surface area contributed by atoms with Gasteiger partial charge in [-0.2, -0.15) is 0 Å². The van der Waals surface area contributed by atoms with E-state index in [-0.39, 0.29) is 12.0 Å². The molecular formula is C18H23NO3. The Hall–Kier alpha value is -1.71. The number of fused-ring (bicyclic) bond motifs is 3. The van der Waals surface area contributed by atoms with Crippen molar-refractivity contribution >= 4 is 5.91 Å². The van der Waals surface area contributed by atoms with Crippen molar-refractivity contribution in [1.82, 2.24) is 5.32 Å². The van der Waals surface area contributed by atoms with Crippen LogP contribution in [0.5, 0.6) is 11.5 Å². The van der Waals surface area contributed by atoms with E-state index in [4.69, 9.17) is 9.47 Å². The van der Waals surface area contributed by atoms with Crippen molar-refractivity contribution in [3.63, 3.8) is 0 Å². The molecule has 2 saturated carbocycles. The summed E-state index contributed by atoms with van der Waals surface area (Å²) in [5.74, 6) is 4.03. The molecule has 4 heteroatoms. The highest BCUT2D eigenvalue weighted by Crippen LogP contribution is 2.49. The Bertz CT molecular complexity index is 559. The van der Waals surface area contributed by atoms with Crippen LogP contribution in [0.25, 0.3) is 0 Å². The van der Waals surface area contributed by atoms with Crippen molar-refractivity contribution in [2.75, 3.05) is 13.2 Å². The molecule has 1 N–H and O–H groups in total. The van der Waals surface area contributed by atoms with Gasteiger partial charge in [0, 0.05) is 6.42 Å².